The number of fused-ring (bicyclic) bond motifs is 3. The van der Waals surface area contributed by atoms with Crippen LogP contribution in [0.1, 0.15) is 50.4 Å². The molecule has 0 aliphatic rings. The van der Waals surface area contributed by atoms with Gasteiger partial charge in [-0.3, -0.25) is 28.5 Å². The van der Waals surface area contributed by atoms with Crippen molar-refractivity contribution in [3.63, 3.8) is 0 Å². The van der Waals surface area contributed by atoms with E-state index in [4.69, 9.17) is 5.11 Å². The van der Waals surface area contributed by atoms with Gasteiger partial charge in [-0.15, -0.1) is 0 Å². The molecule has 2 unspecified atom stereocenters. The van der Waals surface area contributed by atoms with E-state index in [0.29, 0.717) is 18.4 Å². The van der Waals surface area contributed by atoms with Gasteiger partial charge in [0, 0.05) is 64.8 Å². The second-order valence-corrected chi connectivity index (χ2v) is 14.2. The Balaban J connectivity index is 0.000000157. The maximum Gasteiger partial charge on any atom is 0.306 e. The fraction of sp³-hybridized carbons (Fsp3) is 0.244. The standard InChI is InChI=1S/C19H20N2O.C12H13NO2.C10H10N2O3S/c1-14(19(22)21-12-15-7-3-2-4-8-15)11-16-13-20-18-10-6-5-9-17(16)18;1-8(12(14)15)6-9-7-13-11-5-3-2-4-10(9)11;1-6(2)11-10(13)8-5-7(12(14)15)3-4-9(8)16-11/h2-10,13-14,20H,11-12H2,1H3,(H,21,22);2-5,7-8,13H,6H2,1H3,(H,14,15);3-6H,1-2H3. The maximum atomic E-state index is 12.3. The molecule has 0 aliphatic heterocycles. The summed E-state index contributed by atoms with van der Waals surface area (Å²) >= 11 is 1.33. The Bertz CT molecular complexity index is 2390. The molecule has 12 heteroatoms. The number of carboxylic acids is 1. The molecule has 7 rings (SSSR count). The smallest absolute Gasteiger partial charge is 0.306 e. The predicted molar refractivity (Wildman–Crippen MR) is 211 cm³/mol. The van der Waals surface area contributed by atoms with Crippen LogP contribution in [0.5, 0.6) is 0 Å². The average Bonchev–Trinajstić information content (AvgIpc) is 3.86. The van der Waals surface area contributed by atoms with Gasteiger partial charge in [-0.25, -0.2) is 0 Å². The molecular formula is C41H43N5O6S. The number of aromatic amines is 2. The zero-order valence-electron chi connectivity index (χ0n) is 30.0. The fourth-order valence-electron chi connectivity index (χ4n) is 5.88. The molecule has 3 aromatic heterocycles. The molecule has 11 nitrogen and oxygen atoms in total. The second-order valence-electron chi connectivity index (χ2n) is 13.2. The van der Waals surface area contributed by atoms with E-state index in [1.54, 1.807) is 16.9 Å². The van der Waals surface area contributed by atoms with Crippen LogP contribution in [0.2, 0.25) is 0 Å². The van der Waals surface area contributed by atoms with Crippen molar-refractivity contribution in [1.29, 1.82) is 0 Å². The topological polar surface area (TPSA) is 163 Å². The molecule has 4 aromatic carbocycles. The minimum atomic E-state index is -0.750. The predicted octanol–water partition coefficient (Wildman–Crippen LogP) is 8.65. The quantitative estimate of drug-likeness (QED) is 0.0812. The minimum absolute atomic E-state index is 0.0432. The third-order valence-corrected chi connectivity index (χ3v) is 10.2. The van der Waals surface area contributed by atoms with Crippen molar-refractivity contribution in [2.45, 2.75) is 53.1 Å². The first-order valence-electron chi connectivity index (χ1n) is 17.4. The van der Waals surface area contributed by atoms with Crippen molar-refractivity contribution in [3.05, 3.63) is 147 Å². The number of hydrogen-bond acceptors (Lipinski definition) is 6. The number of nitrogens with zero attached hydrogens (tertiary/aromatic N) is 2. The molecule has 0 fully saturated rings. The van der Waals surface area contributed by atoms with Gasteiger partial charge >= 0.3 is 5.97 Å². The van der Waals surface area contributed by atoms with Gasteiger partial charge in [-0.1, -0.05) is 92.1 Å². The van der Waals surface area contributed by atoms with Crippen LogP contribution in [0.25, 0.3) is 31.9 Å². The van der Waals surface area contributed by atoms with Crippen LogP contribution in [0.15, 0.2) is 114 Å². The first kappa shape index (κ1) is 38.2. The molecular weight excluding hydrogens is 691 g/mol. The highest BCUT2D eigenvalue weighted by Gasteiger charge is 2.17. The van der Waals surface area contributed by atoms with Crippen molar-refractivity contribution in [3.8, 4) is 0 Å². The van der Waals surface area contributed by atoms with Crippen LogP contribution in [0.4, 0.5) is 5.69 Å². The molecule has 0 radical (unpaired) electrons. The van der Waals surface area contributed by atoms with E-state index in [9.17, 15) is 24.5 Å². The van der Waals surface area contributed by atoms with Crippen molar-refractivity contribution in [2.24, 2.45) is 11.8 Å². The monoisotopic (exact) mass is 733 g/mol. The number of amides is 1. The van der Waals surface area contributed by atoms with Crippen LogP contribution in [0.3, 0.4) is 0 Å². The lowest BCUT2D eigenvalue weighted by Gasteiger charge is -2.12. The Morgan fingerprint density at radius 3 is 1.89 bits per heavy atom. The zero-order valence-corrected chi connectivity index (χ0v) is 30.9. The molecule has 0 spiro atoms. The Kier molecular flexibility index (Phi) is 12.6. The number of non-ortho nitro benzene ring substituents is 1. The fourth-order valence-corrected chi connectivity index (χ4v) is 6.86. The van der Waals surface area contributed by atoms with Gasteiger partial charge in [0.2, 0.25) is 5.91 Å². The van der Waals surface area contributed by atoms with Crippen LogP contribution < -0.4 is 10.9 Å². The second kappa shape index (κ2) is 17.5. The number of nitrogens with one attached hydrogen (secondary N) is 3. The minimum Gasteiger partial charge on any atom is -0.481 e. The summed E-state index contributed by atoms with van der Waals surface area (Å²) in [6.45, 7) is 8.10. The number of nitro groups is 1. The molecule has 1 amide bonds. The number of carbonyl (C=O) groups excluding carboxylic acids is 1. The highest BCUT2D eigenvalue weighted by atomic mass is 32.1. The molecule has 3 heterocycles. The first-order valence-corrected chi connectivity index (χ1v) is 18.1. The summed E-state index contributed by atoms with van der Waals surface area (Å²) in [7, 11) is 0. The lowest BCUT2D eigenvalue weighted by Crippen LogP contribution is -2.29. The Labute approximate surface area is 310 Å². The van der Waals surface area contributed by atoms with Crippen LogP contribution in [-0.2, 0) is 29.0 Å². The number of hydrogen-bond donors (Lipinski definition) is 4. The number of carboxylic acid groups (broad SMARTS) is 1. The largest absolute Gasteiger partial charge is 0.481 e. The van der Waals surface area contributed by atoms with E-state index >= 15 is 0 Å². The van der Waals surface area contributed by atoms with Crippen LogP contribution in [-0.4, -0.2) is 35.8 Å². The Morgan fingerprint density at radius 2 is 1.34 bits per heavy atom. The highest BCUT2D eigenvalue weighted by molar-refractivity contribution is 7.13. The summed E-state index contributed by atoms with van der Waals surface area (Å²) in [6, 6.07) is 30.5. The first-order chi connectivity index (χ1) is 25.4. The zero-order chi connectivity index (χ0) is 38.1. The summed E-state index contributed by atoms with van der Waals surface area (Å²) in [5.74, 6) is -1.05. The van der Waals surface area contributed by atoms with Gasteiger partial charge in [0.15, 0.2) is 0 Å². The van der Waals surface area contributed by atoms with Gasteiger partial charge in [0.05, 0.1) is 20.9 Å². The number of aromatic nitrogens is 3. The summed E-state index contributed by atoms with van der Waals surface area (Å²) in [5, 5.41) is 25.2. The molecule has 0 bridgehead atoms. The molecule has 7 aromatic rings. The maximum absolute atomic E-state index is 12.3. The summed E-state index contributed by atoms with van der Waals surface area (Å²) in [6.07, 6.45) is 5.21. The molecule has 0 saturated carbocycles. The number of benzene rings is 4. The van der Waals surface area contributed by atoms with Gasteiger partial charge in [0.25, 0.3) is 11.2 Å². The summed E-state index contributed by atoms with van der Waals surface area (Å²) in [5.41, 5.74) is 5.37. The molecule has 53 heavy (non-hydrogen) atoms. The van der Waals surface area contributed by atoms with Crippen molar-refractivity contribution in [2.75, 3.05) is 0 Å². The Morgan fingerprint density at radius 1 is 0.792 bits per heavy atom. The van der Waals surface area contributed by atoms with Crippen molar-refractivity contribution in [1.82, 2.24) is 19.2 Å². The van der Waals surface area contributed by atoms with Gasteiger partial charge in [0.1, 0.15) is 0 Å². The van der Waals surface area contributed by atoms with E-state index in [1.807, 2.05) is 99.9 Å². The highest BCUT2D eigenvalue weighted by Crippen LogP contribution is 2.24. The molecule has 0 saturated heterocycles. The number of aliphatic carboxylic acids is 1. The van der Waals surface area contributed by atoms with E-state index in [1.165, 1.54) is 34.6 Å². The third-order valence-electron chi connectivity index (χ3n) is 8.85. The van der Waals surface area contributed by atoms with E-state index in [0.717, 1.165) is 38.7 Å². The number of rotatable bonds is 10. The molecule has 0 aliphatic carbocycles. The molecule has 274 valence electrons. The van der Waals surface area contributed by atoms with Gasteiger partial charge < -0.3 is 20.4 Å². The normalized spacial score (nSPS) is 12.1. The number of H-pyrrole nitrogens is 2. The Hall–Kier alpha value is -6.01. The number of carbonyl (C=O) groups is 2. The SMILES string of the molecule is CC(C)n1sc2ccc([N+](=O)[O-])cc2c1=O.CC(Cc1c[nH]c2ccccc12)C(=O)NCc1ccccc1.CC(Cc1c[nH]c2ccccc12)C(=O)O. The number of nitro benzene ring substituents is 1. The van der Waals surface area contributed by atoms with Crippen molar-refractivity contribution < 1.29 is 19.6 Å². The lowest BCUT2D eigenvalue weighted by atomic mass is 10.00. The van der Waals surface area contributed by atoms with Crippen LogP contribution >= 0.6 is 11.5 Å². The lowest BCUT2D eigenvalue weighted by molar-refractivity contribution is -0.384. The van der Waals surface area contributed by atoms with E-state index in [2.05, 4.69) is 27.4 Å². The van der Waals surface area contributed by atoms with Crippen molar-refractivity contribution >= 4 is 61.0 Å². The van der Waals surface area contributed by atoms with Crippen LogP contribution in [0, 0.1) is 22.0 Å². The van der Waals surface area contributed by atoms with E-state index in [-0.39, 0.29) is 35.0 Å². The summed E-state index contributed by atoms with van der Waals surface area (Å²) < 4.78 is 2.40. The third kappa shape index (κ3) is 9.66. The number of para-hydroxylation sites is 2. The summed E-state index contributed by atoms with van der Waals surface area (Å²) in [4.78, 5) is 51.4. The molecule has 2 atom stereocenters. The average molecular weight is 734 g/mol. The van der Waals surface area contributed by atoms with E-state index < -0.39 is 10.9 Å². The van der Waals surface area contributed by atoms with Gasteiger partial charge in [-0.2, -0.15) is 0 Å². The van der Waals surface area contributed by atoms with Gasteiger partial charge in [-0.05, 0) is 61.6 Å². The molecule has 4 N–H and O–H groups in total.